The summed E-state index contributed by atoms with van der Waals surface area (Å²) in [5.74, 6) is 0.702. The molecule has 0 spiro atoms. The second-order valence-corrected chi connectivity index (χ2v) is 6.87. The van der Waals surface area contributed by atoms with E-state index in [0.717, 1.165) is 5.56 Å². The zero-order valence-corrected chi connectivity index (χ0v) is 17.0. The van der Waals surface area contributed by atoms with Gasteiger partial charge in [-0.25, -0.2) is 0 Å². The Morgan fingerprint density at radius 2 is 1.93 bits per heavy atom. The van der Waals surface area contributed by atoms with E-state index in [9.17, 15) is 8.78 Å². The fourth-order valence-electron chi connectivity index (χ4n) is 2.65. The van der Waals surface area contributed by atoms with Gasteiger partial charge >= 0.3 is 6.61 Å². The van der Waals surface area contributed by atoms with Crippen molar-refractivity contribution in [1.29, 1.82) is 0 Å². The number of nitrogens with one attached hydrogen (secondary N) is 1. The molecule has 1 aromatic heterocycles. The van der Waals surface area contributed by atoms with Crippen LogP contribution in [0.1, 0.15) is 24.4 Å². The largest absolute Gasteiger partial charge is 0.493 e. The normalized spacial score (nSPS) is 12.2. The molecule has 154 valence electrons. The molecule has 0 fully saturated rings. The molecule has 1 heterocycles. The van der Waals surface area contributed by atoms with Crippen LogP contribution >= 0.6 is 23.2 Å². The van der Waals surface area contributed by atoms with Crippen molar-refractivity contribution in [2.24, 2.45) is 0 Å². The van der Waals surface area contributed by atoms with E-state index in [1.165, 1.54) is 19.2 Å². The smallest absolute Gasteiger partial charge is 0.387 e. The third-order valence-corrected chi connectivity index (χ3v) is 4.66. The van der Waals surface area contributed by atoms with Gasteiger partial charge in [-0.05, 0) is 42.8 Å². The highest BCUT2D eigenvalue weighted by Crippen LogP contribution is 2.32. The summed E-state index contributed by atoms with van der Waals surface area (Å²) in [5.41, 5.74) is 1.42. The fourth-order valence-corrected chi connectivity index (χ4v) is 3.22. The number of hydrogen-bond acceptors (Lipinski definition) is 6. The zero-order valence-electron chi connectivity index (χ0n) is 15.5. The molecule has 1 unspecified atom stereocenters. The Balaban J connectivity index is 1.69. The van der Waals surface area contributed by atoms with Crippen LogP contribution in [-0.4, -0.2) is 23.9 Å². The lowest BCUT2D eigenvalue weighted by Gasteiger charge is -2.14. The molecule has 3 rings (SSSR count). The van der Waals surface area contributed by atoms with Gasteiger partial charge in [0.1, 0.15) is 0 Å². The van der Waals surface area contributed by atoms with Crippen molar-refractivity contribution >= 4 is 23.2 Å². The second-order valence-electron chi connectivity index (χ2n) is 6.02. The first-order valence-corrected chi connectivity index (χ1v) is 9.27. The van der Waals surface area contributed by atoms with Gasteiger partial charge in [0.15, 0.2) is 11.5 Å². The number of aromatic nitrogens is 2. The molecule has 0 saturated carbocycles. The van der Waals surface area contributed by atoms with Gasteiger partial charge < -0.3 is 19.3 Å². The van der Waals surface area contributed by atoms with Crippen molar-refractivity contribution in [2.45, 2.75) is 26.1 Å². The summed E-state index contributed by atoms with van der Waals surface area (Å²) >= 11 is 12.1. The van der Waals surface area contributed by atoms with Crippen molar-refractivity contribution in [1.82, 2.24) is 15.5 Å². The predicted molar refractivity (Wildman–Crippen MR) is 105 cm³/mol. The van der Waals surface area contributed by atoms with Gasteiger partial charge in [-0.2, -0.15) is 13.8 Å². The van der Waals surface area contributed by atoms with Gasteiger partial charge in [-0.3, -0.25) is 0 Å². The van der Waals surface area contributed by atoms with Gasteiger partial charge in [0.2, 0.25) is 11.7 Å². The molecule has 0 aliphatic rings. The summed E-state index contributed by atoms with van der Waals surface area (Å²) in [4.78, 5) is 4.31. The van der Waals surface area contributed by atoms with Gasteiger partial charge in [0.25, 0.3) is 0 Å². The van der Waals surface area contributed by atoms with Gasteiger partial charge in [0, 0.05) is 21.7 Å². The molecule has 2 aromatic carbocycles. The summed E-state index contributed by atoms with van der Waals surface area (Å²) in [6.45, 7) is -0.704. The molecule has 0 aliphatic heterocycles. The van der Waals surface area contributed by atoms with E-state index in [2.05, 4.69) is 20.2 Å². The monoisotopic (exact) mass is 443 g/mol. The molecular formula is C19H17Cl2F2N3O3. The minimum atomic E-state index is -2.95. The molecule has 0 amide bonds. The van der Waals surface area contributed by atoms with E-state index in [1.807, 2.05) is 13.0 Å². The van der Waals surface area contributed by atoms with Crippen LogP contribution in [0.15, 0.2) is 40.9 Å². The summed E-state index contributed by atoms with van der Waals surface area (Å²) in [6.07, 6.45) is 0. The average Bonchev–Trinajstić information content (AvgIpc) is 3.15. The lowest BCUT2D eigenvalue weighted by molar-refractivity contribution is -0.0512. The van der Waals surface area contributed by atoms with Crippen LogP contribution in [0.2, 0.25) is 10.0 Å². The van der Waals surface area contributed by atoms with Crippen LogP contribution in [0.3, 0.4) is 0 Å². The Morgan fingerprint density at radius 3 is 2.62 bits per heavy atom. The first kappa shape index (κ1) is 21.3. The highest BCUT2D eigenvalue weighted by molar-refractivity contribution is 6.35. The van der Waals surface area contributed by atoms with E-state index < -0.39 is 6.61 Å². The summed E-state index contributed by atoms with van der Waals surface area (Å²) in [6, 6.07) is 9.60. The SMILES string of the molecule is COc1cc(-c2noc(CNC(C)c3ccc(Cl)cc3Cl)n2)ccc1OC(F)F. The fraction of sp³-hybridized carbons (Fsp3) is 0.263. The van der Waals surface area contributed by atoms with Crippen molar-refractivity contribution in [3.8, 4) is 22.9 Å². The molecule has 1 atom stereocenters. The maximum atomic E-state index is 12.4. The number of methoxy groups -OCH3 is 1. The van der Waals surface area contributed by atoms with E-state index in [1.54, 1.807) is 18.2 Å². The number of alkyl halides is 2. The molecule has 6 nitrogen and oxygen atoms in total. The van der Waals surface area contributed by atoms with Crippen LogP contribution < -0.4 is 14.8 Å². The maximum Gasteiger partial charge on any atom is 0.387 e. The second kappa shape index (κ2) is 9.39. The molecule has 0 aliphatic carbocycles. The first-order chi connectivity index (χ1) is 13.9. The Hall–Kier alpha value is -2.42. The van der Waals surface area contributed by atoms with Gasteiger partial charge in [-0.15, -0.1) is 0 Å². The number of nitrogens with zero attached hydrogens (tertiary/aromatic N) is 2. The van der Waals surface area contributed by atoms with Crippen molar-refractivity contribution < 1.29 is 22.8 Å². The minimum absolute atomic E-state index is 0.0784. The van der Waals surface area contributed by atoms with E-state index in [-0.39, 0.29) is 17.5 Å². The topological polar surface area (TPSA) is 69.4 Å². The number of halogens is 4. The van der Waals surface area contributed by atoms with E-state index in [0.29, 0.717) is 33.9 Å². The van der Waals surface area contributed by atoms with Crippen molar-refractivity contribution in [2.75, 3.05) is 7.11 Å². The van der Waals surface area contributed by atoms with Crippen molar-refractivity contribution in [3.63, 3.8) is 0 Å². The third kappa shape index (κ3) is 5.35. The molecular weight excluding hydrogens is 427 g/mol. The number of benzene rings is 2. The molecule has 1 N–H and O–H groups in total. The summed E-state index contributed by atoms with van der Waals surface area (Å²) in [5, 5.41) is 8.28. The number of hydrogen-bond donors (Lipinski definition) is 1. The highest BCUT2D eigenvalue weighted by Gasteiger charge is 2.16. The van der Waals surface area contributed by atoms with Crippen LogP contribution in [0.25, 0.3) is 11.4 Å². The standard InChI is InChI=1S/C19H17Cl2F2N3O3/c1-10(13-5-4-12(20)8-14(13)21)24-9-17-25-18(26-29-17)11-3-6-15(28-19(22)23)16(7-11)27-2/h3-8,10,19,24H,9H2,1-2H3. The summed E-state index contributed by atoms with van der Waals surface area (Å²) in [7, 11) is 1.35. The molecule has 3 aromatic rings. The van der Waals surface area contributed by atoms with Crippen molar-refractivity contribution in [3.05, 3.63) is 57.9 Å². The lowest BCUT2D eigenvalue weighted by atomic mass is 10.1. The average molecular weight is 444 g/mol. The maximum absolute atomic E-state index is 12.4. The molecule has 29 heavy (non-hydrogen) atoms. The number of rotatable bonds is 8. The van der Waals surface area contributed by atoms with E-state index >= 15 is 0 Å². The molecule has 0 radical (unpaired) electrons. The zero-order chi connectivity index (χ0) is 21.0. The number of ether oxygens (including phenoxy) is 2. The van der Waals surface area contributed by atoms with Crippen LogP contribution in [0.4, 0.5) is 8.78 Å². The molecule has 10 heteroatoms. The lowest BCUT2D eigenvalue weighted by Crippen LogP contribution is -2.18. The molecule has 0 saturated heterocycles. The minimum Gasteiger partial charge on any atom is -0.493 e. The Labute approximate surface area is 175 Å². The van der Waals surface area contributed by atoms with E-state index in [4.69, 9.17) is 32.5 Å². The van der Waals surface area contributed by atoms with Crippen LogP contribution in [0, 0.1) is 0 Å². The molecule has 0 bridgehead atoms. The highest BCUT2D eigenvalue weighted by atomic mass is 35.5. The predicted octanol–water partition coefficient (Wildman–Crippen LogP) is 5.50. The summed E-state index contributed by atoms with van der Waals surface area (Å²) < 4.78 is 39.6. The Bertz CT molecular complexity index is 985. The van der Waals surface area contributed by atoms with Gasteiger partial charge in [0.05, 0.1) is 13.7 Å². The Morgan fingerprint density at radius 1 is 1.14 bits per heavy atom. The quantitative estimate of drug-likeness (QED) is 0.495. The van der Waals surface area contributed by atoms with Gasteiger partial charge in [-0.1, -0.05) is 34.4 Å². The Kier molecular flexibility index (Phi) is 6.89. The first-order valence-electron chi connectivity index (χ1n) is 8.51. The van der Waals surface area contributed by atoms with Crippen LogP contribution in [-0.2, 0) is 6.54 Å². The third-order valence-electron chi connectivity index (χ3n) is 4.09. The van der Waals surface area contributed by atoms with Crippen LogP contribution in [0.5, 0.6) is 11.5 Å².